The quantitative estimate of drug-likeness (QED) is 0.423. The summed E-state index contributed by atoms with van der Waals surface area (Å²) in [6.45, 7) is 4.97. The van der Waals surface area contributed by atoms with Gasteiger partial charge in [0.15, 0.2) is 5.78 Å². The summed E-state index contributed by atoms with van der Waals surface area (Å²) in [4.78, 5) is 38.7. The standard InChI is InChI=1S/C25H26FN5O2/c26-20-9-7-19(8-10-20)23(32)21-5-1-2-6-22(21)24(33)27-13-4-14-30-15-17-31(18-16-30)25-28-11-3-12-29-25/h1-3,5-12H,4,13-18H2,(H,27,33). The summed E-state index contributed by atoms with van der Waals surface area (Å²) < 4.78 is 13.2. The molecule has 2 aromatic carbocycles. The molecule has 1 aliphatic rings. The number of carbonyl (C=O) groups is 2. The van der Waals surface area contributed by atoms with Crippen molar-refractivity contribution in [3.8, 4) is 0 Å². The van der Waals surface area contributed by atoms with E-state index in [0.29, 0.717) is 23.2 Å². The van der Waals surface area contributed by atoms with Crippen molar-refractivity contribution in [3.05, 3.63) is 89.5 Å². The molecule has 0 atom stereocenters. The third-order valence-electron chi connectivity index (χ3n) is 5.67. The Hall–Kier alpha value is -3.65. The maximum Gasteiger partial charge on any atom is 0.252 e. The molecule has 0 bridgehead atoms. The van der Waals surface area contributed by atoms with Crippen LogP contribution in [0, 0.1) is 5.82 Å². The minimum absolute atomic E-state index is 0.285. The number of ketones is 1. The summed E-state index contributed by atoms with van der Waals surface area (Å²) >= 11 is 0. The van der Waals surface area contributed by atoms with Gasteiger partial charge < -0.3 is 10.2 Å². The van der Waals surface area contributed by atoms with Crippen molar-refractivity contribution in [2.45, 2.75) is 6.42 Å². The van der Waals surface area contributed by atoms with E-state index >= 15 is 0 Å². The molecule has 0 unspecified atom stereocenters. The lowest BCUT2D eigenvalue weighted by atomic mass is 9.98. The third kappa shape index (κ3) is 5.78. The number of hydrogen-bond donors (Lipinski definition) is 1. The predicted octanol–water partition coefficient (Wildman–Crippen LogP) is 2.79. The summed E-state index contributed by atoms with van der Waals surface area (Å²) in [5.41, 5.74) is 0.973. The molecule has 1 fully saturated rings. The summed E-state index contributed by atoms with van der Waals surface area (Å²) in [6, 6.07) is 13.8. The van der Waals surface area contributed by atoms with Gasteiger partial charge in [-0.15, -0.1) is 0 Å². The van der Waals surface area contributed by atoms with Gasteiger partial charge >= 0.3 is 0 Å². The number of nitrogens with zero attached hydrogens (tertiary/aromatic N) is 4. The largest absolute Gasteiger partial charge is 0.352 e. The van der Waals surface area contributed by atoms with Crippen LogP contribution >= 0.6 is 0 Å². The van der Waals surface area contributed by atoms with Gasteiger partial charge in [-0.05, 0) is 49.4 Å². The fraction of sp³-hybridized carbons (Fsp3) is 0.280. The highest BCUT2D eigenvalue weighted by Gasteiger charge is 2.20. The molecule has 1 amide bonds. The Balaban J connectivity index is 1.25. The molecule has 2 heterocycles. The van der Waals surface area contributed by atoms with Crippen LogP contribution in [0.4, 0.5) is 10.3 Å². The number of amides is 1. The molecule has 4 rings (SSSR count). The molecular weight excluding hydrogens is 421 g/mol. The van der Waals surface area contributed by atoms with E-state index in [1.165, 1.54) is 24.3 Å². The zero-order valence-corrected chi connectivity index (χ0v) is 18.3. The number of carbonyl (C=O) groups excluding carboxylic acids is 2. The molecule has 3 aromatic rings. The summed E-state index contributed by atoms with van der Waals surface area (Å²) in [5, 5.41) is 2.92. The van der Waals surface area contributed by atoms with E-state index in [2.05, 4.69) is 25.1 Å². The molecule has 8 heteroatoms. The Kier molecular flexibility index (Phi) is 7.36. The molecule has 1 aromatic heterocycles. The normalized spacial score (nSPS) is 14.2. The van der Waals surface area contributed by atoms with Crippen LogP contribution in [0.25, 0.3) is 0 Å². The van der Waals surface area contributed by atoms with Crippen LogP contribution in [0.2, 0.25) is 0 Å². The first-order valence-corrected chi connectivity index (χ1v) is 11.0. The maximum atomic E-state index is 13.2. The molecule has 0 saturated carbocycles. The second-order valence-corrected chi connectivity index (χ2v) is 7.87. The molecule has 0 aliphatic carbocycles. The molecule has 0 spiro atoms. The van der Waals surface area contributed by atoms with E-state index in [4.69, 9.17) is 0 Å². The van der Waals surface area contributed by atoms with Crippen molar-refractivity contribution < 1.29 is 14.0 Å². The first kappa shape index (κ1) is 22.5. The molecule has 1 N–H and O–H groups in total. The van der Waals surface area contributed by atoms with E-state index in [0.717, 1.165) is 45.1 Å². The van der Waals surface area contributed by atoms with Gasteiger partial charge in [-0.3, -0.25) is 14.5 Å². The van der Waals surface area contributed by atoms with Crippen LogP contribution in [0.15, 0.2) is 67.0 Å². The van der Waals surface area contributed by atoms with Crippen molar-refractivity contribution in [1.82, 2.24) is 20.2 Å². The number of piperazine rings is 1. The zero-order valence-electron chi connectivity index (χ0n) is 18.3. The lowest BCUT2D eigenvalue weighted by molar-refractivity contribution is 0.0940. The number of benzene rings is 2. The van der Waals surface area contributed by atoms with Gasteiger partial charge in [-0.2, -0.15) is 0 Å². The fourth-order valence-electron chi connectivity index (χ4n) is 3.86. The smallest absolute Gasteiger partial charge is 0.252 e. The summed E-state index contributed by atoms with van der Waals surface area (Å²) in [7, 11) is 0. The SMILES string of the molecule is O=C(NCCCN1CCN(c2ncccn2)CC1)c1ccccc1C(=O)c1ccc(F)cc1. The lowest BCUT2D eigenvalue weighted by Crippen LogP contribution is -2.47. The molecule has 170 valence electrons. The van der Waals surface area contributed by atoms with Crippen molar-refractivity contribution in [2.75, 3.05) is 44.2 Å². The molecule has 1 saturated heterocycles. The highest BCUT2D eigenvalue weighted by molar-refractivity contribution is 6.15. The second-order valence-electron chi connectivity index (χ2n) is 7.87. The van der Waals surface area contributed by atoms with Crippen LogP contribution in [0.5, 0.6) is 0 Å². The zero-order chi connectivity index (χ0) is 23.0. The van der Waals surface area contributed by atoms with E-state index in [1.54, 1.807) is 36.7 Å². The number of rotatable bonds is 8. The highest BCUT2D eigenvalue weighted by Crippen LogP contribution is 2.16. The Labute approximate surface area is 192 Å². The van der Waals surface area contributed by atoms with E-state index < -0.39 is 5.82 Å². The van der Waals surface area contributed by atoms with Crippen LogP contribution in [0.1, 0.15) is 32.7 Å². The summed E-state index contributed by atoms with van der Waals surface area (Å²) in [5.74, 6) is -0.237. The Morgan fingerprint density at radius 3 is 2.24 bits per heavy atom. The molecule has 0 radical (unpaired) electrons. The van der Waals surface area contributed by atoms with Gasteiger partial charge in [-0.1, -0.05) is 18.2 Å². The third-order valence-corrected chi connectivity index (χ3v) is 5.67. The van der Waals surface area contributed by atoms with Gasteiger partial charge in [0, 0.05) is 56.2 Å². The van der Waals surface area contributed by atoms with Gasteiger partial charge in [0.05, 0.1) is 5.56 Å². The van der Waals surface area contributed by atoms with Crippen LogP contribution in [-0.2, 0) is 0 Å². The van der Waals surface area contributed by atoms with E-state index in [9.17, 15) is 14.0 Å². The number of aromatic nitrogens is 2. The monoisotopic (exact) mass is 447 g/mol. The van der Waals surface area contributed by atoms with Crippen molar-refractivity contribution in [3.63, 3.8) is 0 Å². The van der Waals surface area contributed by atoms with Gasteiger partial charge in [0.1, 0.15) is 5.82 Å². The average Bonchev–Trinajstić information content (AvgIpc) is 2.87. The first-order chi connectivity index (χ1) is 16.1. The van der Waals surface area contributed by atoms with Gasteiger partial charge in [0.2, 0.25) is 5.95 Å². The van der Waals surface area contributed by atoms with E-state index in [-0.39, 0.29) is 11.7 Å². The van der Waals surface area contributed by atoms with Crippen LogP contribution < -0.4 is 10.2 Å². The molecule has 1 aliphatic heterocycles. The highest BCUT2D eigenvalue weighted by atomic mass is 19.1. The maximum absolute atomic E-state index is 13.2. The predicted molar refractivity (Wildman–Crippen MR) is 124 cm³/mol. The Morgan fingerprint density at radius 2 is 1.55 bits per heavy atom. The molecule has 7 nitrogen and oxygen atoms in total. The number of hydrogen-bond acceptors (Lipinski definition) is 6. The van der Waals surface area contributed by atoms with Crippen molar-refractivity contribution >= 4 is 17.6 Å². The Bertz CT molecular complexity index is 1080. The van der Waals surface area contributed by atoms with Crippen molar-refractivity contribution in [1.29, 1.82) is 0 Å². The topological polar surface area (TPSA) is 78.4 Å². The minimum atomic E-state index is -0.410. The fourth-order valence-corrected chi connectivity index (χ4v) is 3.86. The summed E-state index contributed by atoms with van der Waals surface area (Å²) in [6.07, 6.45) is 4.31. The van der Waals surface area contributed by atoms with Crippen molar-refractivity contribution in [2.24, 2.45) is 0 Å². The molecule has 33 heavy (non-hydrogen) atoms. The first-order valence-electron chi connectivity index (χ1n) is 11.0. The minimum Gasteiger partial charge on any atom is -0.352 e. The van der Waals surface area contributed by atoms with Crippen LogP contribution in [-0.4, -0.2) is 65.8 Å². The van der Waals surface area contributed by atoms with Gasteiger partial charge in [0.25, 0.3) is 5.91 Å². The molecular formula is C25H26FN5O2. The van der Waals surface area contributed by atoms with Gasteiger partial charge in [-0.25, -0.2) is 14.4 Å². The van der Waals surface area contributed by atoms with Crippen LogP contribution in [0.3, 0.4) is 0 Å². The lowest BCUT2D eigenvalue weighted by Gasteiger charge is -2.34. The second kappa shape index (κ2) is 10.8. The number of anilines is 1. The number of halogens is 1. The number of nitrogens with one attached hydrogen (secondary N) is 1. The Morgan fingerprint density at radius 1 is 0.879 bits per heavy atom. The average molecular weight is 448 g/mol. The van der Waals surface area contributed by atoms with E-state index in [1.807, 2.05) is 6.07 Å².